The number of amides is 2. The highest BCUT2D eigenvalue weighted by Gasteiger charge is 2.27. The summed E-state index contributed by atoms with van der Waals surface area (Å²) >= 11 is 1.44. The molecule has 2 fully saturated rings. The predicted molar refractivity (Wildman–Crippen MR) is 97.6 cm³/mol. The van der Waals surface area contributed by atoms with Crippen LogP contribution in [0.5, 0.6) is 0 Å². The molecule has 0 unspecified atom stereocenters. The molecule has 1 aromatic carbocycles. The van der Waals surface area contributed by atoms with Gasteiger partial charge in [-0.25, -0.2) is 0 Å². The molecule has 2 heterocycles. The van der Waals surface area contributed by atoms with Crippen molar-refractivity contribution in [3.63, 3.8) is 0 Å². The largest absolute Gasteiger partial charge is 0.312 e. The SMILES string of the molecule is O=C(/C=C/c1ccc(N2CCCC2=O)cc1)Nc1nnc(C2CC2)s1. The molecule has 6 nitrogen and oxygen atoms in total. The van der Waals surface area contributed by atoms with Gasteiger partial charge in [-0.1, -0.05) is 23.5 Å². The number of aromatic nitrogens is 2. The van der Waals surface area contributed by atoms with Crippen molar-refractivity contribution in [3.8, 4) is 0 Å². The van der Waals surface area contributed by atoms with Crippen LogP contribution in [0.25, 0.3) is 6.08 Å². The summed E-state index contributed by atoms with van der Waals surface area (Å²) in [6, 6.07) is 7.63. The Morgan fingerprint density at radius 1 is 1.24 bits per heavy atom. The molecule has 1 saturated heterocycles. The van der Waals surface area contributed by atoms with Gasteiger partial charge in [0.2, 0.25) is 16.9 Å². The van der Waals surface area contributed by atoms with Crippen molar-refractivity contribution in [2.24, 2.45) is 0 Å². The van der Waals surface area contributed by atoms with Crippen molar-refractivity contribution in [2.45, 2.75) is 31.6 Å². The quantitative estimate of drug-likeness (QED) is 0.837. The maximum Gasteiger partial charge on any atom is 0.250 e. The Morgan fingerprint density at radius 3 is 2.72 bits per heavy atom. The fourth-order valence-electron chi connectivity index (χ4n) is 2.79. The zero-order valence-corrected chi connectivity index (χ0v) is 14.5. The third-order valence-electron chi connectivity index (χ3n) is 4.30. The highest BCUT2D eigenvalue weighted by atomic mass is 32.1. The zero-order valence-electron chi connectivity index (χ0n) is 13.6. The Hall–Kier alpha value is -2.54. The van der Waals surface area contributed by atoms with Crippen LogP contribution in [0.1, 0.15) is 42.2 Å². The van der Waals surface area contributed by atoms with E-state index in [1.54, 1.807) is 11.0 Å². The minimum atomic E-state index is -0.225. The summed E-state index contributed by atoms with van der Waals surface area (Å²) in [4.78, 5) is 25.5. The zero-order chi connectivity index (χ0) is 17.2. The lowest BCUT2D eigenvalue weighted by Crippen LogP contribution is -2.23. The first-order chi connectivity index (χ1) is 12.2. The Kier molecular flexibility index (Phi) is 4.31. The minimum absolute atomic E-state index is 0.172. The maximum atomic E-state index is 12.0. The van der Waals surface area contributed by atoms with Crippen molar-refractivity contribution < 1.29 is 9.59 Å². The Balaban J connectivity index is 1.35. The van der Waals surface area contributed by atoms with Crippen LogP contribution in [-0.4, -0.2) is 28.6 Å². The molecule has 1 aromatic heterocycles. The lowest BCUT2D eigenvalue weighted by atomic mass is 10.2. The molecule has 0 atom stereocenters. The first kappa shape index (κ1) is 16.0. The monoisotopic (exact) mass is 354 g/mol. The molecule has 2 aliphatic rings. The van der Waals surface area contributed by atoms with Gasteiger partial charge in [-0.3, -0.25) is 14.9 Å². The number of anilines is 2. The second-order valence-corrected chi connectivity index (χ2v) is 7.29. The van der Waals surface area contributed by atoms with Gasteiger partial charge in [-0.2, -0.15) is 0 Å². The second kappa shape index (κ2) is 6.76. The van der Waals surface area contributed by atoms with E-state index in [1.165, 1.54) is 30.3 Å². The first-order valence-electron chi connectivity index (χ1n) is 8.42. The second-order valence-electron chi connectivity index (χ2n) is 6.28. The summed E-state index contributed by atoms with van der Waals surface area (Å²) < 4.78 is 0. The Bertz CT molecular complexity index is 824. The topological polar surface area (TPSA) is 75.2 Å². The summed E-state index contributed by atoms with van der Waals surface area (Å²) in [6.07, 6.45) is 7.09. The summed E-state index contributed by atoms with van der Waals surface area (Å²) in [5.41, 5.74) is 1.81. The van der Waals surface area contributed by atoms with E-state index in [2.05, 4.69) is 15.5 Å². The van der Waals surface area contributed by atoms with E-state index in [1.807, 2.05) is 24.3 Å². The Labute approximate surface area is 149 Å². The summed E-state index contributed by atoms with van der Waals surface area (Å²) in [5, 5.41) is 12.4. The fraction of sp³-hybridized carbons (Fsp3) is 0.333. The van der Waals surface area contributed by atoms with Crippen molar-refractivity contribution in [3.05, 3.63) is 40.9 Å². The van der Waals surface area contributed by atoms with E-state index in [0.717, 1.165) is 29.2 Å². The molecule has 0 spiro atoms. The Morgan fingerprint density at radius 2 is 2.04 bits per heavy atom. The van der Waals surface area contributed by atoms with Gasteiger partial charge < -0.3 is 4.90 Å². The summed E-state index contributed by atoms with van der Waals surface area (Å²) in [6.45, 7) is 0.779. The van der Waals surface area contributed by atoms with Gasteiger partial charge in [0.05, 0.1) is 0 Å². The van der Waals surface area contributed by atoms with Gasteiger partial charge >= 0.3 is 0 Å². The van der Waals surface area contributed by atoms with Gasteiger partial charge in [-0.05, 0) is 43.0 Å². The fourth-order valence-corrected chi connectivity index (χ4v) is 3.70. The average molecular weight is 354 g/mol. The van der Waals surface area contributed by atoms with Gasteiger partial charge in [-0.15, -0.1) is 10.2 Å². The molecule has 25 heavy (non-hydrogen) atoms. The molecule has 1 aliphatic carbocycles. The van der Waals surface area contributed by atoms with E-state index >= 15 is 0 Å². The minimum Gasteiger partial charge on any atom is -0.312 e. The van der Waals surface area contributed by atoms with Crippen LogP contribution in [0.2, 0.25) is 0 Å². The number of nitrogens with one attached hydrogen (secondary N) is 1. The molecule has 7 heteroatoms. The van der Waals surface area contributed by atoms with Crippen LogP contribution in [0.15, 0.2) is 30.3 Å². The first-order valence-corrected chi connectivity index (χ1v) is 9.23. The third kappa shape index (κ3) is 3.76. The van der Waals surface area contributed by atoms with Gasteiger partial charge in [0.1, 0.15) is 5.01 Å². The van der Waals surface area contributed by atoms with E-state index in [4.69, 9.17) is 0 Å². The molecule has 1 N–H and O–H groups in total. The van der Waals surface area contributed by atoms with Gasteiger partial charge in [0.15, 0.2) is 0 Å². The van der Waals surface area contributed by atoms with Crippen LogP contribution in [0.3, 0.4) is 0 Å². The van der Waals surface area contributed by atoms with E-state index < -0.39 is 0 Å². The summed E-state index contributed by atoms with van der Waals surface area (Å²) in [7, 11) is 0. The smallest absolute Gasteiger partial charge is 0.250 e. The van der Waals surface area contributed by atoms with Crippen LogP contribution in [-0.2, 0) is 9.59 Å². The lowest BCUT2D eigenvalue weighted by molar-refractivity contribution is -0.117. The average Bonchev–Trinajstić information content (AvgIpc) is 3.22. The number of hydrogen-bond acceptors (Lipinski definition) is 5. The van der Waals surface area contributed by atoms with E-state index in [0.29, 0.717) is 17.5 Å². The molecule has 2 amide bonds. The third-order valence-corrected chi connectivity index (χ3v) is 5.30. The molecule has 1 aliphatic heterocycles. The molecule has 1 saturated carbocycles. The number of carbonyl (C=O) groups is 2. The molecule has 0 radical (unpaired) electrons. The molecule has 0 bridgehead atoms. The van der Waals surface area contributed by atoms with Crippen molar-refractivity contribution >= 4 is 40.0 Å². The number of rotatable bonds is 5. The summed E-state index contributed by atoms with van der Waals surface area (Å²) in [5.74, 6) is 0.488. The van der Waals surface area contributed by atoms with Crippen molar-refractivity contribution in [1.82, 2.24) is 10.2 Å². The highest BCUT2D eigenvalue weighted by molar-refractivity contribution is 7.15. The number of hydrogen-bond donors (Lipinski definition) is 1. The molecular formula is C18H18N4O2S. The molecular weight excluding hydrogens is 336 g/mol. The number of carbonyl (C=O) groups excluding carboxylic acids is 2. The normalized spacial score (nSPS) is 17.4. The van der Waals surface area contributed by atoms with E-state index in [9.17, 15) is 9.59 Å². The van der Waals surface area contributed by atoms with Gasteiger partial charge in [0, 0.05) is 30.6 Å². The van der Waals surface area contributed by atoms with Crippen molar-refractivity contribution in [2.75, 3.05) is 16.8 Å². The maximum absolute atomic E-state index is 12.0. The standard InChI is InChI=1S/C18H18N4O2S/c23-15(19-18-21-20-17(25-18)13-6-7-13)10-5-12-3-8-14(9-4-12)22-11-1-2-16(22)24/h3-5,8-10,13H,1-2,6-7,11H2,(H,19,21,23)/b10-5+. The number of nitrogens with zero attached hydrogens (tertiary/aromatic N) is 3. The van der Waals surface area contributed by atoms with Crippen LogP contribution in [0, 0.1) is 0 Å². The predicted octanol–water partition coefficient (Wildman–Crippen LogP) is 3.19. The van der Waals surface area contributed by atoms with Crippen LogP contribution in [0.4, 0.5) is 10.8 Å². The lowest BCUT2D eigenvalue weighted by Gasteiger charge is -2.15. The molecule has 128 valence electrons. The van der Waals surface area contributed by atoms with Crippen LogP contribution >= 0.6 is 11.3 Å². The van der Waals surface area contributed by atoms with Crippen LogP contribution < -0.4 is 10.2 Å². The van der Waals surface area contributed by atoms with Gasteiger partial charge in [0.25, 0.3) is 0 Å². The molecule has 4 rings (SSSR count). The highest BCUT2D eigenvalue weighted by Crippen LogP contribution is 2.42. The van der Waals surface area contributed by atoms with Crippen molar-refractivity contribution in [1.29, 1.82) is 0 Å². The number of benzene rings is 1. The molecule has 2 aromatic rings. The van der Waals surface area contributed by atoms with E-state index in [-0.39, 0.29) is 11.8 Å².